The molecule has 0 aliphatic carbocycles. The second-order valence-corrected chi connectivity index (χ2v) is 5.91. The standard InChI is InChI=1S/C15H21ClN2O.ClH/c1-17-9-14-3-2-5-18(14)10-12-8-13(16)7-11-4-6-19-15(11)12;/h7-8,14,17H,2-6,9-10H2,1H3;1H. The number of rotatable bonds is 4. The maximum atomic E-state index is 6.23. The summed E-state index contributed by atoms with van der Waals surface area (Å²) in [6.45, 7) is 3.98. The number of nitrogens with zero attached hydrogens (tertiary/aromatic N) is 1. The van der Waals surface area contributed by atoms with E-state index >= 15 is 0 Å². The molecule has 20 heavy (non-hydrogen) atoms. The summed E-state index contributed by atoms with van der Waals surface area (Å²) in [5.74, 6) is 1.08. The monoisotopic (exact) mass is 316 g/mol. The average Bonchev–Trinajstić information content (AvgIpc) is 2.99. The van der Waals surface area contributed by atoms with Gasteiger partial charge < -0.3 is 10.1 Å². The van der Waals surface area contributed by atoms with Gasteiger partial charge in [0.15, 0.2) is 0 Å². The highest BCUT2D eigenvalue weighted by molar-refractivity contribution is 6.30. The van der Waals surface area contributed by atoms with Crippen LogP contribution >= 0.6 is 24.0 Å². The maximum absolute atomic E-state index is 6.23. The van der Waals surface area contributed by atoms with E-state index in [2.05, 4.69) is 16.3 Å². The first-order valence-electron chi connectivity index (χ1n) is 7.10. The minimum Gasteiger partial charge on any atom is -0.493 e. The molecule has 1 fully saturated rings. The zero-order valence-electron chi connectivity index (χ0n) is 11.8. The lowest BCUT2D eigenvalue weighted by Gasteiger charge is -2.25. The molecule has 1 aromatic carbocycles. The second kappa shape index (κ2) is 6.99. The summed E-state index contributed by atoms with van der Waals surface area (Å²) in [6, 6.07) is 4.75. The van der Waals surface area contributed by atoms with Gasteiger partial charge >= 0.3 is 0 Å². The minimum atomic E-state index is 0. The Labute approximate surface area is 132 Å². The normalized spacial score (nSPS) is 21.4. The Hall–Kier alpha value is -0.480. The third-order valence-electron chi connectivity index (χ3n) is 4.14. The van der Waals surface area contributed by atoms with Crippen molar-refractivity contribution in [3.8, 4) is 5.75 Å². The van der Waals surface area contributed by atoms with Crippen molar-refractivity contribution in [3.63, 3.8) is 0 Å². The molecule has 2 heterocycles. The van der Waals surface area contributed by atoms with Gasteiger partial charge in [0.25, 0.3) is 0 Å². The molecular weight excluding hydrogens is 295 g/mol. The van der Waals surface area contributed by atoms with Crippen LogP contribution < -0.4 is 10.1 Å². The third-order valence-corrected chi connectivity index (χ3v) is 4.36. The number of likely N-dealkylation sites (N-methyl/N-ethyl adjacent to an activating group) is 1. The lowest BCUT2D eigenvalue weighted by Crippen LogP contribution is -2.36. The molecule has 1 atom stereocenters. The summed E-state index contributed by atoms with van der Waals surface area (Å²) in [5.41, 5.74) is 2.52. The van der Waals surface area contributed by atoms with E-state index in [9.17, 15) is 0 Å². The fraction of sp³-hybridized carbons (Fsp3) is 0.600. The van der Waals surface area contributed by atoms with E-state index in [4.69, 9.17) is 16.3 Å². The number of halogens is 2. The van der Waals surface area contributed by atoms with Crippen LogP contribution in [0.3, 0.4) is 0 Å². The number of hydrogen-bond donors (Lipinski definition) is 1. The van der Waals surface area contributed by atoms with Gasteiger partial charge in [-0.1, -0.05) is 11.6 Å². The number of fused-ring (bicyclic) bond motifs is 1. The van der Waals surface area contributed by atoms with Crippen molar-refractivity contribution in [2.45, 2.75) is 31.8 Å². The average molecular weight is 317 g/mol. The summed E-state index contributed by atoms with van der Waals surface area (Å²) in [4.78, 5) is 2.55. The Morgan fingerprint density at radius 3 is 3.10 bits per heavy atom. The first-order chi connectivity index (χ1) is 9.28. The molecule has 5 heteroatoms. The van der Waals surface area contributed by atoms with Crippen molar-refractivity contribution in [3.05, 3.63) is 28.3 Å². The third kappa shape index (κ3) is 3.22. The van der Waals surface area contributed by atoms with Crippen LogP contribution in [-0.4, -0.2) is 37.7 Å². The molecule has 0 radical (unpaired) electrons. The molecule has 0 spiro atoms. The van der Waals surface area contributed by atoms with Gasteiger partial charge in [-0.15, -0.1) is 12.4 Å². The predicted molar refractivity (Wildman–Crippen MR) is 85.3 cm³/mol. The molecule has 112 valence electrons. The van der Waals surface area contributed by atoms with Crippen molar-refractivity contribution in [1.82, 2.24) is 10.2 Å². The molecule has 1 unspecified atom stereocenters. The van der Waals surface area contributed by atoms with E-state index in [0.717, 1.165) is 36.9 Å². The van der Waals surface area contributed by atoms with Crippen LogP contribution in [0.2, 0.25) is 5.02 Å². The quantitative estimate of drug-likeness (QED) is 0.924. The SMILES string of the molecule is CNCC1CCCN1Cc1cc(Cl)cc2c1OCC2.Cl. The lowest BCUT2D eigenvalue weighted by atomic mass is 10.1. The van der Waals surface area contributed by atoms with Crippen molar-refractivity contribution in [2.24, 2.45) is 0 Å². The van der Waals surface area contributed by atoms with Crippen molar-refractivity contribution in [1.29, 1.82) is 0 Å². The zero-order valence-corrected chi connectivity index (χ0v) is 13.4. The van der Waals surface area contributed by atoms with Gasteiger partial charge in [0, 0.05) is 36.1 Å². The van der Waals surface area contributed by atoms with Crippen molar-refractivity contribution >= 4 is 24.0 Å². The Kier molecular flexibility index (Phi) is 5.56. The van der Waals surface area contributed by atoms with E-state index in [1.807, 2.05) is 13.1 Å². The summed E-state index contributed by atoms with van der Waals surface area (Å²) in [5, 5.41) is 4.13. The van der Waals surface area contributed by atoms with Gasteiger partial charge in [-0.3, -0.25) is 4.90 Å². The Morgan fingerprint density at radius 2 is 2.30 bits per heavy atom. The van der Waals surface area contributed by atoms with E-state index in [1.54, 1.807) is 0 Å². The number of likely N-dealkylation sites (tertiary alicyclic amines) is 1. The van der Waals surface area contributed by atoms with Crippen LogP contribution in [0.5, 0.6) is 5.75 Å². The molecular formula is C15H22Cl2N2O. The molecule has 1 N–H and O–H groups in total. The van der Waals surface area contributed by atoms with E-state index < -0.39 is 0 Å². The fourth-order valence-corrected chi connectivity index (χ4v) is 3.52. The molecule has 1 saturated heterocycles. The summed E-state index contributed by atoms with van der Waals surface area (Å²) < 4.78 is 5.79. The Morgan fingerprint density at radius 1 is 1.45 bits per heavy atom. The van der Waals surface area contributed by atoms with Gasteiger partial charge in [-0.2, -0.15) is 0 Å². The van der Waals surface area contributed by atoms with Gasteiger partial charge in [-0.25, -0.2) is 0 Å². The zero-order chi connectivity index (χ0) is 13.2. The maximum Gasteiger partial charge on any atom is 0.127 e. The van der Waals surface area contributed by atoms with Crippen LogP contribution in [0.15, 0.2) is 12.1 Å². The van der Waals surface area contributed by atoms with Crippen LogP contribution in [0.4, 0.5) is 0 Å². The lowest BCUT2D eigenvalue weighted by molar-refractivity contribution is 0.238. The molecule has 1 aromatic rings. The highest BCUT2D eigenvalue weighted by Crippen LogP contribution is 2.34. The van der Waals surface area contributed by atoms with E-state index in [-0.39, 0.29) is 12.4 Å². The first-order valence-corrected chi connectivity index (χ1v) is 7.48. The van der Waals surface area contributed by atoms with Crippen LogP contribution in [0.25, 0.3) is 0 Å². The fourth-order valence-electron chi connectivity index (χ4n) is 3.25. The van der Waals surface area contributed by atoms with Crippen molar-refractivity contribution in [2.75, 3.05) is 26.7 Å². The number of ether oxygens (including phenoxy) is 1. The van der Waals surface area contributed by atoms with Crippen LogP contribution in [-0.2, 0) is 13.0 Å². The molecule has 0 saturated carbocycles. The molecule has 3 rings (SSSR count). The molecule has 0 amide bonds. The Bertz CT molecular complexity index is 467. The summed E-state index contributed by atoms with van der Waals surface area (Å²) in [6.07, 6.45) is 3.56. The number of nitrogens with one attached hydrogen (secondary N) is 1. The highest BCUT2D eigenvalue weighted by Gasteiger charge is 2.26. The van der Waals surface area contributed by atoms with E-state index in [1.165, 1.54) is 30.5 Å². The highest BCUT2D eigenvalue weighted by atomic mass is 35.5. The van der Waals surface area contributed by atoms with Gasteiger partial charge in [-0.05, 0) is 44.1 Å². The van der Waals surface area contributed by atoms with Crippen LogP contribution in [0.1, 0.15) is 24.0 Å². The van der Waals surface area contributed by atoms with Crippen molar-refractivity contribution < 1.29 is 4.74 Å². The summed E-state index contributed by atoms with van der Waals surface area (Å²) >= 11 is 6.23. The topological polar surface area (TPSA) is 24.5 Å². The molecule has 0 bridgehead atoms. The largest absolute Gasteiger partial charge is 0.493 e. The van der Waals surface area contributed by atoms with Gasteiger partial charge in [0.2, 0.25) is 0 Å². The number of benzene rings is 1. The smallest absolute Gasteiger partial charge is 0.127 e. The van der Waals surface area contributed by atoms with E-state index in [0.29, 0.717) is 6.04 Å². The van der Waals surface area contributed by atoms with Gasteiger partial charge in [0.1, 0.15) is 5.75 Å². The Balaban J connectivity index is 0.00000147. The molecule has 2 aliphatic rings. The van der Waals surface area contributed by atoms with Crippen LogP contribution in [0, 0.1) is 0 Å². The molecule has 3 nitrogen and oxygen atoms in total. The first kappa shape index (κ1) is 15.9. The summed E-state index contributed by atoms with van der Waals surface area (Å²) in [7, 11) is 2.02. The second-order valence-electron chi connectivity index (χ2n) is 5.48. The molecule has 2 aliphatic heterocycles. The van der Waals surface area contributed by atoms with Gasteiger partial charge in [0.05, 0.1) is 6.61 Å². The predicted octanol–water partition coefficient (Wildman–Crippen LogP) is 2.88. The minimum absolute atomic E-state index is 0. The number of hydrogen-bond acceptors (Lipinski definition) is 3. The molecule has 0 aromatic heterocycles.